The number of carbonyl (C=O) groups excluding carboxylic acids is 3. The Balaban J connectivity index is 1.54. The fourth-order valence-electron chi connectivity index (χ4n) is 6.21. The number of rotatable bonds is 5. The number of phenols is 2. The van der Waals surface area contributed by atoms with Gasteiger partial charge in [0.25, 0.3) is 0 Å². The van der Waals surface area contributed by atoms with Crippen molar-refractivity contribution in [2.75, 3.05) is 12.4 Å². The van der Waals surface area contributed by atoms with Crippen LogP contribution in [-0.2, 0) is 30.3 Å². The number of allylic oxidation sites excluding steroid dienone is 5. The summed E-state index contributed by atoms with van der Waals surface area (Å²) in [6.45, 7) is 3.64. The monoisotopic (exact) mass is 650 g/mol. The molecule has 2 amide bonds. The molecule has 2 aliphatic carbocycles. The van der Waals surface area contributed by atoms with Crippen molar-refractivity contribution in [3.8, 4) is 11.5 Å². The Morgan fingerprint density at radius 2 is 1.77 bits per heavy atom. The quantitative estimate of drug-likeness (QED) is 0.121. The van der Waals surface area contributed by atoms with E-state index in [1.165, 1.54) is 19.2 Å². The van der Waals surface area contributed by atoms with Crippen LogP contribution in [0.4, 0.5) is 5.69 Å². The molecule has 47 heavy (non-hydrogen) atoms. The number of aliphatic hydroxyl groups excluding tert-OH is 1. The van der Waals surface area contributed by atoms with Gasteiger partial charge in [-0.15, -0.1) is 0 Å². The highest BCUT2D eigenvalue weighted by molar-refractivity contribution is 5.93. The van der Waals surface area contributed by atoms with Crippen molar-refractivity contribution in [3.63, 3.8) is 0 Å². The summed E-state index contributed by atoms with van der Waals surface area (Å²) in [6.07, 6.45) is 17.5. The number of fused-ring (bicyclic) bond motifs is 2. The maximum Gasteiger partial charge on any atom is 0.332 e. The number of carbonyl (C=O) groups is 3. The van der Waals surface area contributed by atoms with Crippen molar-refractivity contribution >= 4 is 23.5 Å². The number of hydrogen-bond acceptors (Lipinski definition) is 8. The van der Waals surface area contributed by atoms with Crippen LogP contribution in [0.3, 0.4) is 0 Å². The summed E-state index contributed by atoms with van der Waals surface area (Å²) in [6, 6.07) is 2.73. The molecule has 1 aliphatic heterocycles. The molecule has 0 saturated heterocycles. The maximum absolute atomic E-state index is 13.5. The van der Waals surface area contributed by atoms with Gasteiger partial charge in [0.15, 0.2) is 0 Å². The van der Waals surface area contributed by atoms with E-state index in [1.807, 2.05) is 25.2 Å². The molecule has 3 aliphatic rings. The zero-order valence-corrected chi connectivity index (χ0v) is 27.7. The predicted molar refractivity (Wildman–Crippen MR) is 180 cm³/mol. The zero-order chi connectivity index (χ0) is 34.0. The van der Waals surface area contributed by atoms with Crippen LogP contribution in [0.2, 0.25) is 0 Å². The lowest BCUT2D eigenvalue weighted by atomic mass is 9.88. The van der Waals surface area contributed by atoms with Gasteiger partial charge in [-0.2, -0.15) is 0 Å². The van der Waals surface area contributed by atoms with Crippen molar-refractivity contribution in [2.45, 2.75) is 108 Å². The first-order chi connectivity index (χ1) is 22.5. The highest BCUT2D eigenvalue weighted by Crippen LogP contribution is 2.39. The molecule has 1 heterocycles. The van der Waals surface area contributed by atoms with Crippen LogP contribution < -0.4 is 10.6 Å². The predicted octanol–water partition coefficient (Wildman–Crippen LogP) is 5.53. The fraction of sp³-hybridized carbons (Fsp3) is 0.541. The molecule has 10 heteroatoms. The molecule has 256 valence electrons. The van der Waals surface area contributed by atoms with Crippen molar-refractivity contribution in [3.05, 3.63) is 65.8 Å². The van der Waals surface area contributed by atoms with Gasteiger partial charge in [-0.25, -0.2) is 4.79 Å². The minimum Gasteiger partial charge on any atom is -0.508 e. The van der Waals surface area contributed by atoms with Crippen LogP contribution in [0.25, 0.3) is 0 Å². The number of aliphatic hydroxyl groups is 1. The van der Waals surface area contributed by atoms with Crippen LogP contribution in [-0.4, -0.2) is 64.1 Å². The van der Waals surface area contributed by atoms with Crippen LogP contribution in [0, 0.1) is 11.8 Å². The van der Waals surface area contributed by atoms with Crippen LogP contribution >= 0.6 is 0 Å². The third kappa shape index (κ3) is 10.0. The van der Waals surface area contributed by atoms with E-state index >= 15 is 0 Å². The molecule has 4 rings (SSSR count). The average molecular weight is 651 g/mol. The number of phenolic OH excluding ortho intramolecular Hbond substituents is 2. The lowest BCUT2D eigenvalue weighted by molar-refractivity contribution is -0.158. The summed E-state index contributed by atoms with van der Waals surface area (Å²) < 4.78 is 11.5. The maximum atomic E-state index is 13.5. The molecule has 4 unspecified atom stereocenters. The normalized spacial score (nSPS) is 28.4. The number of benzene rings is 1. The molecule has 2 saturated carbocycles. The summed E-state index contributed by atoms with van der Waals surface area (Å²) in [4.78, 5) is 39.2. The van der Waals surface area contributed by atoms with Crippen LogP contribution in [0.5, 0.6) is 11.5 Å². The number of aryl methyl sites for hydroxylation is 1. The summed E-state index contributed by atoms with van der Waals surface area (Å²) >= 11 is 0. The molecule has 4 atom stereocenters. The fourth-order valence-corrected chi connectivity index (χ4v) is 6.21. The minimum absolute atomic E-state index is 0.00549. The van der Waals surface area contributed by atoms with Crippen molar-refractivity contribution in [2.24, 2.45) is 11.8 Å². The minimum atomic E-state index is -1.00. The number of anilines is 1. The number of esters is 1. The molecular weight excluding hydrogens is 600 g/mol. The van der Waals surface area contributed by atoms with E-state index in [0.29, 0.717) is 43.2 Å². The molecule has 10 nitrogen and oxygen atoms in total. The Morgan fingerprint density at radius 3 is 2.47 bits per heavy atom. The van der Waals surface area contributed by atoms with Gasteiger partial charge in [-0.05, 0) is 62.7 Å². The second-order valence-corrected chi connectivity index (χ2v) is 13.1. The summed E-state index contributed by atoms with van der Waals surface area (Å²) in [5, 5.41) is 38.1. The van der Waals surface area contributed by atoms with E-state index < -0.39 is 41.6 Å². The lowest BCUT2D eigenvalue weighted by Gasteiger charge is -2.30. The molecule has 0 spiro atoms. The number of amides is 2. The number of hydrogen-bond donors (Lipinski definition) is 5. The number of ether oxygens (including phenoxy) is 2. The first kappa shape index (κ1) is 36.0. The summed E-state index contributed by atoms with van der Waals surface area (Å²) in [7, 11) is 1.50. The lowest BCUT2D eigenvalue weighted by Crippen LogP contribution is -2.48. The molecule has 0 radical (unpaired) electrons. The molecule has 1 aromatic carbocycles. The third-order valence-electron chi connectivity index (χ3n) is 9.47. The van der Waals surface area contributed by atoms with Crippen molar-refractivity contribution in [1.82, 2.24) is 5.32 Å². The van der Waals surface area contributed by atoms with Crippen molar-refractivity contribution in [1.29, 1.82) is 0 Å². The van der Waals surface area contributed by atoms with Crippen LogP contribution in [0.15, 0.2) is 60.2 Å². The first-order valence-corrected chi connectivity index (χ1v) is 16.8. The summed E-state index contributed by atoms with van der Waals surface area (Å²) in [5.74, 6) is -1.71. The Hall–Kier alpha value is -3.89. The van der Waals surface area contributed by atoms with Crippen molar-refractivity contribution < 1.29 is 39.2 Å². The molecule has 5 N–H and O–H groups in total. The Labute approximate surface area is 277 Å². The van der Waals surface area contributed by atoms with E-state index in [2.05, 4.69) is 10.6 Å². The Kier molecular flexibility index (Phi) is 12.8. The van der Waals surface area contributed by atoms with E-state index in [4.69, 9.17) is 9.47 Å². The van der Waals surface area contributed by atoms with Gasteiger partial charge in [0, 0.05) is 31.4 Å². The van der Waals surface area contributed by atoms with Gasteiger partial charge < -0.3 is 35.4 Å². The highest BCUT2D eigenvalue weighted by atomic mass is 16.5. The smallest absolute Gasteiger partial charge is 0.332 e. The number of aromatic hydroxyl groups is 2. The van der Waals surface area contributed by atoms with E-state index in [1.54, 1.807) is 31.2 Å². The SMILES string of the molecule is COC1C=C/C=C/C=C/CC(OC(=O)C2(NC(=O)C3CCCCC3)CC2)C(C)C(O)/C(C)=C\CCc2cc(O)cc(c2O)NC(=O)C1. The van der Waals surface area contributed by atoms with E-state index in [9.17, 15) is 29.7 Å². The zero-order valence-electron chi connectivity index (χ0n) is 27.7. The van der Waals surface area contributed by atoms with Gasteiger partial charge in [0.1, 0.15) is 23.1 Å². The average Bonchev–Trinajstić information content (AvgIpc) is 3.84. The molecule has 1 aromatic rings. The molecular formula is C37H50N2O8. The van der Waals surface area contributed by atoms with Gasteiger partial charge >= 0.3 is 5.97 Å². The van der Waals surface area contributed by atoms with Gasteiger partial charge in [0.05, 0.1) is 24.3 Å². The number of methoxy groups -OCH3 is 1. The summed E-state index contributed by atoms with van der Waals surface area (Å²) in [5.41, 5.74) is 0.204. The van der Waals surface area contributed by atoms with Gasteiger partial charge in [0.2, 0.25) is 11.8 Å². The van der Waals surface area contributed by atoms with E-state index in [-0.39, 0.29) is 35.4 Å². The van der Waals surface area contributed by atoms with E-state index in [0.717, 1.165) is 32.1 Å². The molecule has 2 fully saturated rings. The molecule has 2 bridgehead atoms. The highest BCUT2D eigenvalue weighted by Gasteiger charge is 2.54. The first-order valence-electron chi connectivity index (χ1n) is 16.8. The Morgan fingerprint density at radius 1 is 1.04 bits per heavy atom. The standard InChI is InChI=1S/C37H50N2O8/c1-24-13-12-16-27-21-28(40)22-30(34(27)43)38-32(41)23-29(46-3)17-10-5-4-6-11-18-31(25(2)33(24)42)47-36(45)37(19-20-37)39-35(44)26-14-8-7-9-15-26/h4-6,10-11,13,17,21-22,25-26,29,31,33,40,42-43H,7-9,12,14-16,18-20,23H2,1-3H3,(H,38,41)(H,39,44)/b5-4+,11-6+,17-10?,24-13-. The largest absolute Gasteiger partial charge is 0.508 e. The van der Waals surface area contributed by atoms with Gasteiger partial charge in [-0.1, -0.05) is 68.7 Å². The van der Waals surface area contributed by atoms with Gasteiger partial charge in [-0.3, -0.25) is 9.59 Å². The third-order valence-corrected chi connectivity index (χ3v) is 9.47. The van der Waals surface area contributed by atoms with Crippen LogP contribution in [0.1, 0.15) is 83.6 Å². The Bertz CT molecular complexity index is 1390. The topological polar surface area (TPSA) is 154 Å². The second kappa shape index (κ2) is 16.8. The second-order valence-electron chi connectivity index (χ2n) is 13.1. The molecule has 0 aromatic heterocycles. The number of nitrogens with one attached hydrogen (secondary N) is 2.